The average molecular weight is 224 g/mol. The Morgan fingerprint density at radius 2 is 2.06 bits per heavy atom. The maximum Gasteiger partial charge on any atom is 0.163 e. The SMILES string of the molecule is CC(C#N)CNC(C)c1cccc(F)c1F. The van der Waals surface area contributed by atoms with Crippen LogP contribution in [-0.2, 0) is 0 Å². The third-order valence-electron chi connectivity index (χ3n) is 2.40. The van der Waals surface area contributed by atoms with Crippen molar-refractivity contribution in [2.24, 2.45) is 5.92 Å². The molecule has 0 aromatic heterocycles. The van der Waals surface area contributed by atoms with Crippen molar-refractivity contribution < 1.29 is 8.78 Å². The molecular weight excluding hydrogens is 210 g/mol. The smallest absolute Gasteiger partial charge is 0.163 e. The number of halogens is 2. The normalized spacial score (nSPS) is 14.2. The minimum atomic E-state index is -0.848. The first kappa shape index (κ1) is 12.6. The van der Waals surface area contributed by atoms with Crippen LogP contribution in [0.2, 0.25) is 0 Å². The van der Waals surface area contributed by atoms with Gasteiger partial charge in [0, 0.05) is 18.2 Å². The molecule has 0 aliphatic heterocycles. The van der Waals surface area contributed by atoms with E-state index in [0.717, 1.165) is 6.07 Å². The molecular formula is C12H14F2N2. The molecule has 0 bridgehead atoms. The van der Waals surface area contributed by atoms with Gasteiger partial charge >= 0.3 is 0 Å². The first-order valence-electron chi connectivity index (χ1n) is 5.13. The first-order chi connectivity index (χ1) is 7.56. The highest BCUT2D eigenvalue weighted by molar-refractivity contribution is 5.21. The van der Waals surface area contributed by atoms with Crippen LogP contribution in [0.5, 0.6) is 0 Å². The lowest BCUT2D eigenvalue weighted by molar-refractivity contribution is 0.464. The number of nitrogens with zero attached hydrogens (tertiary/aromatic N) is 1. The Balaban J connectivity index is 2.70. The van der Waals surface area contributed by atoms with Gasteiger partial charge in [0.15, 0.2) is 11.6 Å². The molecule has 1 rings (SSSR count). The van der Waals surface area contributed by atoms with E-state index >= 15 is 0 Å². The Kier molecular flexibility index (Phi) is 4.39. The largest absolute Gasteiger partial charge is 0.309 e. The van der Waals surface area contributed by atoms with Crippen LogP contribution in [0.3, 0.4) is 0 Å². The van der Waals surface area contributed by atoms with E-state index in [1.807, 2.05) is 0 Å². The molecule has 0 radical (unpaired) electrons. The van der Waals surface area contributed by atoms with Crippen molar-refractivity contribution in [3.8, 4) is 6.07 Å². The summed E-state index contributed by atoms with van der Waals surface area (Å²) in [7, 11) is 0. The monoisotopic (exact) mass is 224 g/mol. The number of hydrogen-bond acceptors (Lipinski definition) is 2. The molecule has 4 heteroatoms. The fourth-order valence-electron chi connectivity index (χ4n) is 1.36. The molecule has 16 heavy (non-hydrogen) atoms. The minimum Gasteiger partial charge on any atom is -0.309 e. The summed E-state index contributed by atoms with van der Waals surface area (Å²) >= 11 is 0. The van der Waals surface area contributed by atoms with Gasteiger partial charge in [-0.25, -0.2) is 8.78 Å². The Bertz CT molecular complexity index is 398. The van der Waals surface area contributed by atoms with Gasteiger partial charge in [-0.1, -0.05) is 12.1 Å². The Labute approximate surface area is 93.9 Å². The third kappa shape index (κ3) is 3.01. The van der Waals surface area contributed by atoms with E-state index in [1.165, 1.54) is 12.1 Å². The van der Waals surface area contributed by atoms with Crippen LogP contribution >= 0.6 is 0 Å². The van der Waals surface area contributed by atoms with Crippen molar-refractivity contribution in [2.45, 2.75) is 19.9 Å². The third-order valence-corrected chi connectivity index (χ3v) is 2.40. The molecule has 2 atom stereocenters. The molecule has 1 aromatic rings. The van der Waals surface area contributed by atoms with Gasteiger partial charge in [-0.05, 0) is 19.9 Å². The van der Waals surface area contributed by atoms with Crippen molar-refractivity contribution in [1.29, 1.82) is 5.26 Å². The maximum absolute atomic E-state index is 13.4. The van der Waals surface area contributed by atoms with Gasteiger partial charge in [0.1, 0.15) is 0 Å². The molecule has 0 spiro atoms. The molecule has 0 aliphatic carbocycles. The second-order valence-electron chi connectivity index (χ2n) is 3.80. The molecule has 1 N–H and O–H groups in total. The topological polar surface area (TPSA) is 35.8 Å². The number of nitriles is 1. The molecule has 0 fully saturated rings. The van der Waals surface area contributed by atoms with E-state index in [9.17, 15) is 8.78 Å². The van der Waals surface area contributed by atoms with Gasteiger partial charge in [0.05, 0.1) is 12.0 Å². The first-order valence-corrected chi connectivity index (χ1v) is 5.13. The van der Waals surface area contributed by atoms with Gasteiger partial charge in [-0.3, -0.25) is 0 Å². The lowest BCUT2D eigenvalue weighted by Crippen LogP contribution is -2.24. The van der Waals surface area contributed by atoms with Gasteiger partial charge in [-0.2, -0.15) is 5.26 Å². The van der Waals surface area contributed by atoms with E-state index in [2.05, 4.69) is 11.4 Å². The van der Waals surface area contributed by atoms with Gasteiger partial charge in [0.25, 0.3) is 0 Å². The molecule has 0 amide bonds. The summed E-state index contributed by atoms with van der Waals surface area (Å²) in [6.07, 6.45) is 0. The van der Waals surface area contributed by atoms with Crippen LogP contribution in [0.15, 0.2) is 18.2 Å². The van der Waals surface area contributed by atoms with E-state index in [-0.39, 0.29) is 17.5 Å². The zero-order valence-electron chi connectivity index (χ0n) is 9.30. The number of benzene rings is 1. The quantitative estimate of drug-likeness (QED) is 0.853. The molecule has 2 nitrogen and oxygen atoms in total. The van der Waals surface area contributed by atoms with Gasteiger partial charge in [-0.15, -0.1) is 0 Å². The molecule has 0 saturated carbocycles. The second-order valence-corrected chi connectivity index (χ2v) is 3.80. The highest BCUT2D eigenvalue weighted by atomic mass is 19.2. The summed E-state index contributed by atoms with van der Waals surface area (Å²) in [5.74, 6) is -1.83. The molecule has 0 saturated heterocycles. The fourth-order valence-corrected chi connectivity index (χ4v) is 1.36. The molecule has 0 heterocycles. The van der Waals surface area contributed by atoms with Crippen LogP contribution in [0, 0.1) is 28.9 Å². The average Bonchev–Trinajstić information content (AvgIpc) is 2.29. The number of rotatable bonds is 4. The van der Waals surface area contributed by atoms with Crippen molar-refractivity contribution in [3.63, 3.8) is 0 Å². The van der Waals surface area contributed by atoms with Crippen molar-refractivity contribution in [2.75, 3.05) is 6.54 Å². The zero-order valence-corrected chi connectivity index (χ0v) is 9.30. The predicted molar refractivity (Wildman–Crippen MR) is 57.6 cm³/mol. The van der Waals surface area contributed by atoms with Crippen LogP contribution in [0.25, 0.3) is 0 Å². The molecule has 2 unspecified atom stereocenters. The number of nitrogens with one attached hydrogen (secondary N) is 1. The fraction of sp³-hybridized carbons (Fsp3) is 0.417. The van der Waals surface area contributed by atoms with E-state index in [1.54, 1.807) is 13.8 Å². The summed E-state index contributed by atoms with van der Waals surface area (Å²) in [6.45, 7) is 3.96. The zero-order chi connectivity index (χ0) is 12.1. The van der Waals surface area contributed by atoms with Crippen LogP contribution in [0.4, 0.5) is 8.78 Å². The summed E-state index contributed by atoms with van der Waals surface area (Å²) in [5, 5.41) is 11.6. The molecule has 1 aromatic carbocycles. The van der Waals surface area contributed by atoms with Gasteiger partial charge in [0.2, 0.25) is 0 Å². The molecule has 86 valence electrons. The summed E-state index contributed by atoms with van der Waals surface area (Å²) < 4.78 is 26.3. The van der Waals surface area contributed by atoms with E-state index < -0.39 is 11.6 Å². The second kappa shape index (κ2) is 5.57. The van der Waals surface area contributed by atoms with Crippen LogP contribution in [-0.4, -0.2) is 6.54 Å². The summed E-state index contributed by atoms with van der Waals surface area (Å²) in [6, 6.07) is 5.85. The summed E-state index contributed by atoms with van der Waals surface area (Å²) in [4.78, 5) is 0. The van der Waals surface area contributed by atoms with Gasteiger partial charge < -0.3 is 5.32 Å². The van der Waals surface area contributed by atoms with Crippen molar-refractivity contribution >= 4 is 0 Å². The maximum atomic E-state index is 13.4. The Morgan fingerprint density at radius 1 is 1.38 bits per heavy atom. The summed E-state index contributed by atoms with van der Waals surface area (Å²) in [5.41, 5.74) is 0.283. The van der Waals surface area contributed by atoms with Crippen molar-refractivity contribution in [3.05, 3.63) is 35.4 Å². The lowest BCUT2D eigenvalue weighted by atomic mass is 10.1. The van der Waals surface area contributed by atoms with Crippen LogP contribution in [0.1, 0.15) is 25.5 Å². The molecule has 0 aliphatic rings. The number of hydrogen-bond donors (Lipinski definition) is 1. The van der Waals surface area contributed by atoms with E-state index in [0.29, 0.717) is 6.54 Å². The van der Waals surface area contributed by atoms with Crippen molar-refractivity contribution in [1.82, 2.24) is 5.32 Å². The highest BCUT2D eigenvalue weighted by Gasteiger charge is 2.14. The predicted octanol–water partition coefficient (Wildman–Crippen LogP) is 2.78. The van der Waals surface area contributed by atoms with E-state index in [4.69, 9.17) is 5.26 Å². The van der Waals surface area contributed by atoms with Crippen LogP contribution < -0.4 is 5.32 Å². The lowest BCUT2D eigenvalue weighted by Gasteiger charge is -2.15. The Hall–Kier alpha value is -1.47. The highest BCUT2D eigenvalue weighted by Crippen LogP contribution is 2.18. The standard InChI is InChI=1S/C12H14F2N2/c1-8(6-15)7-16-9(2)10-4-3-5-11(13)12(10)14/h3-5,8-9,16H,7H2,1-2H3. The Morgan fingerprint density at radius 3 is 2.69 bits per heavy atom. The minimum absolute atomic E-state index is 0.154.